The third-order valence-electron chi connectivity index (χ3n) is 11.1. The second kappa shape index (κ2) is 89.8. The highest BCUT2D eigenvalue weighted by atomic mass is 35.5. The number of ether oxygens (including phenoxy) is 4. The first-order valence-electron chi connectivity index (χ1n) is 29.4. The first kappa shape index (κ1) is 88.2. The number of terminal acetylenes is 1. The van der Waals surface area contributed by atoms with Crippen molar-refractivity contribution in [2.24, 2.45) is 0 Å². The minimum absolute atomic E-state index is 0.0895. The Morgan fingerprint density at radius 3 is 0.988 bits per heavy atom. The molecule has 0 spiro atoms. The zero-order valence-corrected chi connectivity index (χ0v) is 52.5. The molecular formula is C67H108Cl2O13. The number of carbonyl (C=O) groups is 4. The molecule has 0 aromatic carbocycles. The van der Waals surface area contributed by atoms with E-state index < -0.39 is 0 Å². The summed E-state index contributed by atoms with van der Waals surface area (Å²) >= 11 is 10.6. The molecule has 0 fully saturated rings. The zero-order valence-electron chi connectivity index (χ0n) is 50.9. The molecule has 468 valence electrons. The lowest BCUT2D eigenvalue weighted by molar-refractivity contribution is -0.141. The summed E-state index contributed by atoms with van der Waals surface area (Å²) in [5.41, 5.74) is 0. The number of carbonyl (C=O) groups excluding carboxylic acids is 4. The molecule has 0 radical (unpaired) electrons. The summed E-state index contributed by atoms with van der Waals surface area (Å²) in [5, 5.41) is 40.7. The number of halogens is 2. The van der Waals surface area contributed by atoms with Gasteiger partial charge in [0.25, 0.3) is 0 Å². The van der Waals surface area contributed by atoms with Crippen molar-refractivity contribution in [3.63, 3.8) is 0 Å². The fourth-order valence-electron chi connectivity index (χ4n) is 6.60. The minimum Gasteiger partial charge on any atom is -0.469 e. The molecule has 5 N–H and O–H groups in total. The predicted octanol–water partition coefficient (Wildman–Crippen LogP) is 13.2. The van der Waals surface area contributed by atoms with Gasteiger partial charge in [0, 0.05) is 44.4 Å². The smallest absolute Gasteiger partial charge is 0.305 e. The third-order valence-corrected chi connectivity index (χ3v) is 11.4. The van der Waals surface area contributed by atoms with Gasteiger partial charge in [-0.05, 0) is 88.9 Å². The number of aliphatic hydroxyl groups excluding tert-OH is 5. The van der Waals surface area contributed by atoms with E-state index in [9.17, 15) is 19.2 Å². The van der Waals surface area contributed by atoms with Crippen LogP contribution in [0.25, 0.3) is 0 Å². The Morgan fingerprint density at radius 2 is 0.671 bits per heavy atom. The van der Waals surface area contributed by atoms with Crippen molar-refractivity contribution in [1.29, 1.82) is 0 Å². The fraction of sp³-hybridized carbons (Fsp3) is 0.672. The number of unbranched alkanes of at least 4 members (excludes halogenated alkanes) is 24. The van der Waals surface area contributed by atoms with Gasteiger partial charge in [-0.2, -0.15) is 0 Å². The van der Waals surface area contributed by atoms with E-state index in [0.717, 1.165) is 109 Å². The van der Waals surface area contributed by atoms with Crippen molar-refractivity contribution in [2.75, 3.05) is 73.2 Å². The van der Waals surface area contributed by atoms with Crippen LogP contribution in [0.4, 0.5) is 0 Å². The summed E-state index contributed by atoms with van der Waals surface area (Å²) in [6, 6.07) is 0. The Labute approximate surface area is 508 Å². The van der Waals surface area contributed by atoms with Gasteiger partial charge in [-0.3, -0.25) is 19.2 Å². The van der Waals surface area contributed by atoms with Crippen LogP contribution in [-0.2, 0) is 38.1 Å². The van der Waals surface area contributed by atoms with Gasteiger partial charge in [0.1, 0.15) is 26.4 Å². The number of rotatable bonds is 40. The van der Waals surface area contributed by atoms with Crippen LogP contribution in [0.5, 0.6) is 0 Å². The van der Waals surface area contributed by atoms with Crippen molar-refractivity contribution >= 4 is 47.1 Å². The Bertz CT molecular complexity index is 1720. The van der Waals surface area contributed by atoms with Crippen LogP contribution in [0.15, 0.2) is 48.6 Å². The first-order chi connectivity index (χ1) is 40.1. The van der Waals surface area contributed by atoms with Gasteiger partial charge in [0.05, 0.1) is 40.9 Å². The van der Waals surface area contributed by atoms with E-state index in [1.54, 1.807) is 6.08 Å². The van der Waals surface area contributed by atoms with E-state index in [1.807, 2.05) is 12.2 Å². The van der Waals surface area contributed by atoms with Crippen LogP contribution in [0.2, 0.25) is 0 Å². The molecule has 13 nitrogen and oxygen atoms in total. The van der Waals surface area contributed by atoms with Crippen LogP contribution in [0.3, 0.4) is 0 Å². The molecule has 0 saturated carbocycles. The average Bonchev–Trinajstić information content (AvgIpc) is 3.49. The SMILES string of the molecule is C#CCCCCCCCCC(=O)OC.COC(=O)CCCCCCCC/C=C\C/C=C\CCl.COC(=O)CCCCCCCC/C=C\C/C=C\CO.COC(=O)CCCCCCCCC#CC#CCO.OCC#CCCl.OCC#CCO. The monoisotopic (exact) mass is 1190 g/mol. The van der Waals surface area contributed by atoms with Gasteiger partial charge >= 0.3 is 23.9 Å². The van der Waals surface area contributed by atoms with Crippen molar-refractivity contribution in [3.8, 4) is 59.7 Å². The molecule has 0 aromatic heterocycles. The number of aliphatic hydroxyl groups is 5. The Balaban J connectivity index is -0.000000220. The van der Waals surface area contributed by atoms with E-state index >= 15 is 0 Å². The normalized spacial score (nSPS) is 9.78. The van der Waals surface area contributed by atoms with Crippen LogP contribution in [0.1, 0.15) is 218 Å². The molecule has 0 amide bonds. The second-order valence-corrected chi connectivity index (χ2v) is 18.4. The lowest BCUT2D eigenvalue weighted by atomic mass is 10.1. The molecule has 0 atom stereocenters. The molecule has 0 aliphatic heterocycles. The number of methoxy groups -OCH3 is 4. The second-order valence-electron chi connectivity index (χ2n) is 17.8. The van der Waals surface area contributed by atoms with Crippen molar-refractivity contribution in [1.82, 2.24) is 0 Å². The topological polar surface area (TPSA) is 206 Å². The summed E-state index contributed by atoms with van der Waals surface area (Å²) in [6.45, 7) is -0.419. The molecule has 0 aliphatic rings. The quantitative estimate of drug-likeness (QED) is 0.00968. The van der Waals surface area contributed by atoms with Crippen LogP contribution >= 0.6 is 23.2 Å². The van der Waals surface area contributed by atoms with E-state index in [-0.39, 0.29) is 56.9 Å². The summed E-state index contributed by atoms with van der Waals surface area (Å²) in [7, 11) is 5.74. The highest BCUT2D eigenvalue weighted by Crippen LogP contribution is 2.12. The van der Waals surface area contributed by atoms with Gasteiger partial charge < -0.3 is 44.5 Å². The lowest BCUT2D eigenvalue weighted by Crippen LogP contribution is -1.99. The number of alkyl halides is 2. The highest BCUT2D eigenvalue weighted by molar-refractivity contribution is 6.19. The minimum atomic E-state index is -0.166. The Kier molecular flexibility index (Phi) is 96.7. The van der Waals surface area contributed by atoms with Crippen molar-refractivity contribution < 1.29 is 63.7 Å². The van der Waals surface area contributed by atoms with E-state index in [1.165, 1.54) is 112 Å². The fourth-order valence-corrected chi connectivity index (χ4v) is 6.82. The highest BCUT2D eigenvalue weighted by Gasteiger charge is 2.02. The van der Waals surface area contributed by atoms with Gasteiger partial charge in [-0.25, -0.2) is 0 Å². The largest absolute Gasteiger partial charge is 0.469 e. The predicted molar refractivity (Wildman–Crippen MR) is 338 cm³/mol. The van der Waals surface area contributed by atoms with Gasteiger partial charge in [0.15, 0.2) is 0 Å². The molecule has 0 rings (SSSR count). The lowest BCUT2D eigenvalue weighted by Gasteiger charge is -2.00. The maximum Gasteiger partial charge on any atom is 0.305 e. The Hall–Kier alpha value is -4.98. The van der Waals surface area contributed by atoms with Crippen LogP contribution < -0.4 is 0 Å². The van der Waals surface area contributed by atoms with Crippen LogP contribution in [0, 0.1) is 59.7 Å². The molecule has 0 aliphatic carbocycles. The van der Waals surface area contributed by atoms with E-state index in [2.05, 4.69) is 103 Å². The molecule has 0 bridgehead atoms. The van der Waals surface area contributed by atoms with Gasteiger partial charge in [0.2, 0.25) is 0 Å². The molecule has 0 saturated heterocycles. The summed E-state index contributed by atoms with van der Waals surface area (Å²) in [6.07, 6.45) is 57.4. The van der Waals surface area contributed by atoms with E-state index in [0.29, 0.717) is 37.4 Å². The number of esters is 4. The molecule has 0 heterocycles. The van der Waals surface area contributed by atoms with Crippen molar-refractivity contribution in [2.45, 2.75) is 218 Å². The third kappa shape index (κ3) is 103. The van der Waals surface area contributed by atoms with Crippen molar-refractivity contribution in [3.05, 3.63) is 48.6 Å². The maximum atomic E-state index is 10.9. The molecule has 15 heteroatoms. The summed E-state index contributed by atoms with van der Waals surface area (Å²) in [4.78, 5) is 43.3. The molecule has 82 heavy (non-hydrogen) atoms. The average molecular weight is 1190 g/mol. The molecule has 0 aromatic rings. The summed E-state index contributed by atoms with van der Waals surface area (Å²) < 4.78 is 18.3. The van der Waals surface area contributed by atoms with E-state index in [4.69, 9.17) is 55.2 Å². The number of hydrogen-bond donors (Lipinski definition) is 5. The Morgan fingerprint density at radius 1 is 0.366 bits per heavy atom. The number of hydrogen-bond acceptors (Lipinski definition) is 13. The maximum absolute atomic E-state index is 10.9. The first-order valence-corrected chi connectivity index (χ1v) is 30.5. The summed E-state index contributed by atoms with van der Waals surface area (Å²) in [5.74, 6) is 23.2. The number of allylic oxidation sites excluding steroid dienone is 7. The zero-order chi connectivity index (χ0) is 62.2. The van der Waals surface area contributed by atoms with Gasteiger partial charge in [-0.1, -0.05) is 187 Å². The standard InChI is InChI=1S/C16H27ClO2.C16H28O3.C15H22O3.C12H20O2.C4H5ClO.C4H6O2/c2*1-19-16(18)14-12-10-8-6-4-2-3-5-7-9-11-13-15-17;1-18-15(17)13-11-9-7-5-3-2-4-6-8-10-12-14-16;1-3-4-5-6-7-8-9-10-11-12(13)14-2;2*5-3-1-2-4-6/h5,7,11,13H,2-4,6,8-10,12,14-15H2,1H3;5,7,11,13,17H,2-4,6,8-10,12,14-15H2,1H3;16H,2-5,7,9,11,13-14H2,1H3;1H,4-11H2,2H3;6H,3-4H2;5-6H,3-4H2/b2*7-5-,13-11-;;;;. The molecular weight excluding hydrogens is 1080 g/mol. The molecule has 0 unspecified atom stereocenters. The van der Waals surface area contributed by atoms with Gasteiger partial charge in [-0.15, -0.1) is 35.5 Å². The van der Waals surface area contributed by atoms with Crippen LogP contribution in [-0.4, -0.2) is 123 Å².